The molecule has 0 N–H and O–H groups in total. The average Bonchev–Trinajstić information content (AvgIpc) is 2.91. The number of aromatic nitrogens is 2. The Hall–Kier alpha value is -4.58. The van der Waals surface area contributed by atoms with E-state index in [1.165, 1.54) is 19.2 Å². The quantitative estimate of drug-likeness (QED) is 0.257. The first-order valence-corrected chi connectivity index (χ1v) is 13.8. The first-order chi connectivity index (χ1) is 20.1. The summed E-state index contributed by atoms with van der Waals surface area (Å²) in [6.45, 7) is 3.10. The van der Waals surface area contributed by atoms with Gasteiger partial charge in [-0.1, -0.05) is 0 Å². The molecule has 18 heteroatoms. The van der Waals surface area contributed by atoms with E-state index in [2.05, 4.69) is 0 Å². The predicted octanol–water partition coefficient (Wildman–Crippen LogP) is -0.350. The number of hydrogen-bond acceptors (Lipinski definition) is 14. The Morgan fingerprint density at radius 1 is 0.860 bits per heavy atom. The molecule has 234 valence electrons. The molecule has 0 bridgehead atoms. The number of benzene rings is 1. The molecule has 0 amide bonds. The zero-order chi connectivity index (χ0) is 32.2. The van der Waals surface area contributed by atoms with Gasteiger partial charge in [0.05, 0.1) is 18.2 Å². The summed E-state index contributed by atoms with van der Waals surface area (Å²) in [4.78, 5) is 73.8. The van der Waals surface area contributed by atoms with Crippen molar-refractivity contribution >= 4 is 33.9 Å². The number of halogens is 1. The summed E-state index contributed by atoms with van der Waals surface area (Å²) in [5, 5.41) is 0. The van der Waals surface area contributed by atoms with E-state index in [0.717, 1.165) is 39.8 Å². The van der Waals surface area contributed by atoms with E-state index in [9.17, 15) is 37.2 Å². The molecule has 0 radical (unpaired) electrons. The fourth-order valence-electron chi connectivity index (χ4n) is 4.19. The minimum atomic E-state index is -4.87. The lowest BCUT2D eigenvalue weighted by Gasteiger charge is -2.44. The van der Waals surface area contributed by atoms with Gasteiger partial charge in [0, 0.05) is 27.7 Å². The van der Waals surface area contributed by atoms with E-state index in [1.54, 1.807) is 0 Å². The summed E-state index contributed by atoms with van der Waals surface area (Å²) < 4.78 is 73.0. The fraction of sp³-hybridized carbons (Fsp3) is 0.440. The van der Waals surface area contributed by atoms with Gasteiger partial charge < -0.3 is 28.4 Å². The number of methoxy groups -OCH3 is 1. The summed E-state index contributed by atoms with van der Waals surface area (Å²) in [6.07, 6.45) is -9.15. The maximum Gasteiger partial charge on any atom is 0.347 e. The third-order valence-corrected chi connectivity index (χ3v) is 7.53. The van der Waals surface area contributed by atoms with Crippen LogP contribution in [0.3, 0.4) is 0 Å². The number of ether oxygens (including phenoxy) is 6. The molecule has 3 rings (SSSR count). The Morgan fingerprint density at radius 2 is 1.40 bits per heavy atom. The molecule has 5 atom stereocenters. The van der Waals surface area contributed by atoms with E-state index >= 15 is 4.39 Å². The zero-order valence-corrected chi connectivity index (χ0v) is 24.2. The maximum atomic E-state index is 15.1. The van der Waals surface area contributed by atoms with Crippen molar-refractivity contribution in [2.75, 3.05) is 13.7 Å². The van der Waals surface area contributed by atoms with Gasteiger partial charge >= 0.3 is 29.6 Å². The third kappa shape index (κ3) is 7.26. The normalized spacial score (nSPS) is 21.8. The molecule has 0 saturated carbocycles. The fourth-order valence-corrected chi connectivity index (χ4v) is 5.42. The van der Waals surface area contributed by atoms with Crippen LogP contribution in [0.4, 0.5) is 4.39 Å². The molecule has 1 aliphatic rings. The lowest BCUT2D eigenvalue weighted by molar-refractivity contribution is -0.269. The van der Waals surface area contributed by atoms with Gasteiger partial charge in [-0.25, -0.2) is 17.8 Å². The minimum Gasteiger partial charge on any atom is -0.497 e. The van der Waals surface area contributed by atoms with Crippen LogP contribution >= 0.6 is 0 Å². The molecule has 2 aromatic rings. The van der Waals surface area contributed by atoms with Gasteiger partial charge in [0.15, 0.2) is 24.5 Å². The summed E-state index contributed by atoms with van der Waals surface area (Å²) in [6, 6.07) is 4.62. The molecule has 43 heavy (non-hydrogen) atoms. The van der Waals surface area contributed by atoms with Gasteiger partial charge in [-0.05, 0) is 24.3 Å². The van der Waals surface area contributed by atoms with Crippen molar-refractivity contribution in [1.29, 1.82) is 0 Å². The molecule has 0 aliphatic carbocycles. The Bertz CT molecular complexity index is 1630. The molecule has 1 fully saturated rings. The van der Waals surface area contributed by atoms with Crippen LogP contribution < -0.4 is 16.0 Å². The molecular formula is C25H27FN2O14S. The second kappa shape index (κ2) is 13.2. The summed E-state index contributed by atoms with van der Waals surface area (Å²) in [7, 11) is -3.54. The predicted molar refractivity (Wildman–Crippen MR) is 138 cm³/mol. The Morgan fingerprint density at radius 3 is 1.91 bits per heavy atom. The Balaban J connectivity index is 2.30. The topological polar surface area (TPSA) is 202 Å². The summed E-state index contributed by atoms with van der Waals surface area (Å²) >= 11 is 0. The smallest absolute Gasteiger partial charge is 0.347 e. The molecule has 0 spiro atoms. The first-order valence-electron chi connectivity index (χ1n) is 12.3. The second-order valence-corrected chi connectivity index (χ2v) is 10.8. The van der Waals surface area contributed by atoms with Crippen LogP contribution in [0.5, 0.6) is 5.75 Å². The molecule has 0 unspecified atom stereocenters. The highest BCUT2D eigenvalue weighted by Gasteiger charge is 2.54. The molecule has 2 heterocycles. The van der Waals surface area contributed by atoms with Crippen molar-refractivity contribution in [3.63, 3.8) is 0 Å². The van der Waals surface area contributed by atoms with Crippen molar-refractivity contribution in [2.24, 2.45) is 0 Å². The van der Waals surface area contributed by atoms with Crippen molar-refractivity contribution in [2.45, 2.75) is 63.2 Å². The number of esters is 4. The highest BCUT2D eigenvalue weighted by atomic mass is 32.2. The number of hydrogen-bond donors (Lipinski definition) is 0. The molecule has 1 saturated heterocycles. The maximum absolute atomic E-state index is 15.1. The highest BCUT2D eigenvalue weighted by Crippen LogP contribution is 2.34. The van der Waals surface area contributed by atoms with Crippen LogP contribution in [-0.2, 0) is 52.9 Å². The van der Waals surface area contributed by atoms with Crippen molar-refractivity contribution in [1.82, 2.24) is 8.54 Å². The van der Waals surface area contributed by atoms with E-state index in [0.29, 0.717) is 0 Å². The standard InChI is InChI=1S/C25H27FN2O14S/c1-12(29)38-11-19-20(39-13(2)30)21(40-14(3)31)22(41-15(4)32)24(42-19)28-23(33)18(26)10-27(25(28)34)43(35,36)17-8-6-16(37-5)7-9-17/h6-10,19-22,24H,11H2,1-5H3/t19-,20-,21+,22-,24-/m1/s1. The third-order valence-electron chi connectivity index (χ3n) is 5.89. The van der Waals surface area contributed by atoms with Crippen LogP contribution in [-0.4, -0.2) is 79.0 Å². The van der Waals surface area contributed by atoms with Crippen LogP contribution in [0.2, 0.25) is 0 Å². The van der Waals surface area contributed by atoms with E-state index in [1.807, 2.05) is 0 Å². The Labute approximate surface area is 242 Å². The highest BCUT2D eigenvalue weighted by molar-refractivity contribution is 7.90. The lowest BCUT2D eigenvalue weighted by atomic mass is 9.97. The lowest BCUT2D eigenvalue weighted by Crippen LogP contribution is -2.63. The second-order valence-electron chi connectivity index (χ2n) is 9.00. The average molecular weight is 631 g/mol. The van der Waals surface area contributed by atoms with Crippen molar-refractivity contribution in [3.8, 4) is 5.75 Å². The van der Waals surface area contributed by atoms with Gasteiger partial charge in [0.2, 0.25) is 5.82 Å². The largest absolute Gasteiger partial charge is 0.497 e. The first kappa shape index (κ1) is 32.9. The van der Waals surface area contributed by atoms with Crippen LogP contribution in [0.15, 0.2) is 44.9 Å². The Kier molecular flexibility index (Phi) is 10.1. The van der Waals surface area contributed by atoms with Gasteiger partial charge in [-0.15, -0.1) is 0 Å². The van der Waals surface area contributed by atoms with E-state index in [-0.39, 0.29) is 20.5 Å². The van der Waals surface area contributed by atoms with E-state index in [4.69, 9.17) is 28.4 Å². The molecule has 1 aromatic heterocycles. The van der Waals surface area contributed by atoms with Crippen LogP contribution in [0.1, 0.15) is 33.9 Å². The van der Waals surface area contributed by atoms with Gasteiger partial charge in [0.25, 0.3) is 15.6 Å². The van der Waals surface area contributed by atoms with Gasteiger partial charge in [-0.3, -0.25) is 24.0 Å². The number of carbonyl (C=O) groups is 4. The molecule has 1 aromatic carbocycles. The minimum absolute atomic E-state index is 0.00867. The summed E-state index contributed by atoms with van der Waals surface area (Å²) in [5.41, 5.74) is -3.39. The van der Waals surface area contributed by atoms with Crippen LogP contribution in [0, 0.1) is 5.82 Å². The monoisotopic (exact) mass is 630 g/mol. The van der Waals surface area contributed by atoms with E-state index < -0.39 is 93.1 Å². The van der Waals surface area contributed by atoms with Gasteiger partial charge in [-0.2, -0.15) is 8.36 Å². The summed E-state index contributed by atoms with van der Waals surface area (Å²) in [5.74, 6) is -5.37. The zero-order valence-electron chi connectivity index (χ0n) is 23.4. The molecule has 16 nitrogen and oxygen atoms in total. The van der Waals surface area contributed by atoms with Gasteiger partial charge in [0.1, 0.15) is 18.5 Å². The van der Waals surface area contributed by atoms with Crippen molar-refractivity contribution < 1.29 is 60.4 Å². The number of rotatable bonds is 9. The molecule has 1 aliphatic heterocycles. The van der Waals surface area contributed by atoms with Crippen LogP contribution in [0.25, 0.3) is 0 Å². The van der Waals surface area contributed by atoms with Crippen molar-refractivity contribution in [3.05, 3.63) is 57.1 Å². The molecular weight excluding hydrogens is 603 g/mol. The number of carbonyl (C=O) groups excluding carboxylic acids is 4. The number of nitrogens with zero attached hydrogens (tertiary/aromatic N) is 2. The SMILES string of the molecule is COc1ccc(S(=O)(=O)n2cc(F)c(=O)n([C@@H]3O[C@H](COC(C)=O)[C@@H](OC(C)=O)[C@H](OC(C)=O)[C@H]3OC(C)=O)c2=O)cc1.